The summed E-state index contributed by atoms with van der Waals surface area (Å²) in [7, 11) is 0. The molecule has 2 heterocycles. The zero-order chi connectivity index (χ0) is 27.7. The van der Waals surface area contributed by atoms with Gasteiger partial charge >= 0.3 is 0 Å². The van der Waals surface area contributed by atoms with E-state index < -0.39 is 29.3 Å². The van der Waals surface area contributed by atoms with Gasteiger partial charge < -0.3 is 15.0 Å². The third-order valence-corrected chi connectivity index (χ3v) is 6.40. The Hall–Kier alpha value is -4.66. The average Bonchev–Trinajstić information content (AvgIpc) is 2.90. The number of nitrogens with one attached hydrogen (secondary N) is 1. The van der Waals surface area contributed by atoms with E-state index >= 15 is 4.39 Å². The highest BCUT2D eigenvalue weighted by Gasteiger charge is 2.27. The van der Waals surface area contributed by atoms with Gasteiger partial charge in [0.2, 0.25) is 0 Å². The maximum atomic E-state index is 15.5. The Morgan fingerprint density at radius 2 is 1.74 bits per heavy atom. The van der Waals surface area contributed by atoms with Gasteiger partial charge in [-0.15, -0.1) is 0 Å². The Morgan fingerprint density at radius 1 is 0.974 bits per heavy atom. The fourth-order valence-corrected chi connectivity index (χ4v) is 4.48. The minimum atomic E-state index is -0.999. The van der Waals surface area contributed by atoms with Gasteiger partial charge in [0.1, 0.15) is 29.0 Å². The molecule has 0 bridgehead atoms. The lowest BCUT2D eigenvalue weighted by molar-refractivity contribution is 0.443. The second-order valence-corrected chi connectivity index (χ2v) is 8.92. The van der Waals surface area contributed by atoms with Crippen molar-refractivity contribution in [3.8, 4) is 22.6 Å². The Morgan fingerprint density at radius 3 is 2.44 bits per heavy atom. The maximum absolute atomic E-state index is 15.5. The number of hydrogen-bond acceptors (Lipinski definition) is 5. The van der Waals surface area contributed by atoms with E-state index in [9.17, 15) is 13.2 Å². The molecule has 4 aromatic rings. The third-order valence-electron chi connectivity index (χ3n) is 6.40. The van der Waals surface area contributed by atoms with Gasteiger partial charge in [0.05, 0.1) is 23.8 Å². The van der Waals surface area contributed by atoms with Gasteiger partial charge in [0.25, 0.3) is 0 Å². The molecule has 0 radical (unpaired) electrons. The molecule has 39 heavy (non-hydrogen) atoms. The summed E-state index contributed by atoms with van der Waals surface area (Å²) in [6.45, 7) is 8.20. The summed E-state index contributed by atoms with van der Waals surface area (Å²) >= 11 is 0. The van der Waals surface area contributed by atoms with Crippen LogP contribution >= 0.6 is 0 Å². The lowest BCUT2D eigenvalue weighted by atomic mass is 10.0. The van der Waals surface area contributed by atoms with Gasteiger partial charge in [-0.25, -0.2) is 27.5 Å². The highest BCUT2D eigenvalue weighted by Crippen LogP contribution is 2.40. The molecule has 0 fully saturated rings. The molecule has 5 rings (SSSR count). The van der Waals surface area contributed by atoms with Crippen LogP contribution in [0.25, 0.3) is 16.8 Å². The summed E-state index contributed by atoms with van der Waals surface area (Å²) in [6.07, 6.45) is 3.00. The molecule has 1 atom stereocenters. The number of aromatic nitrogens is 1. The zero-order valence-corrected chi connectivity index (χ0v) is 21.2. The molecule has 1 aliphatic heterocycles. The number of ether oxygens (including phenoxy) is 1. The van der Waals surface area contributed by atoms with Crippen LogP contribution in [-0.4, -0.2) is 17.9 Å². The molecule has 5 nitrogen and oxygen atoms in total. The number of nitrogens with zero attached hydrogens (tertiary/aromatic N) is 3. The van der Waals surface area contributed by atoms with E-state index in [2.05, 4.69) is 21.9 Å². The Balaban J connectivity index is 1.44. The molecular weight excluding hydrogens is 508 g/mol. The van der Waals surface area contributed by atoms with Crippen LogP contribution in [0.15, 0.2) is 78.4 Å². The Labute approximate surface area is 223 Å². The van der Waals surface area contributed by atoms with Gasteiger partial charge in [-0.05, 0) is 50.2 Å². The minimum Gasteiger partial charge on any atom is -0.454 e. The van der Waals surface area contributed by atoms with E-state index in [-0.39, 0.29) is 11.3 Å². The van der Waals surface area contributed by atoms with Gasteiger partial charge in [0.15, 0.2) is 11.6 Å². The first kappa shape index (κ1) is 26.0. The molecule has 0 spiro atoms. The molecule has 0 saturated heterocycles. The SMILES string of the molecule is C=C1N=CN(C(C)c2c(F)cc(F)cc2F)c2ccc(Oc3cccc(-c4ccc(NCC)nc4)c3F)cc21. The molecular formula is C30H24F4N4O. The minimum absolute atomic E-state index is 0.00816. The van der Waals surface area contributed by atoms with Gasteiger partial charge in [0, 0.05) is 47.1 Å². The van der Waals surface area contributed by atoms with E-state index in [4.69, 9.17) is 4.74 Å². The topological polar surface area (TPSA) is 49.8 Å². The lowest BCUT2D eigenvalue weighted by Gasteiger charge is -2.32. The first-order valence-corrected chi connectivity index (χ1v) is 12.2. The number of halogens is 4. The number of rotatable bonds is 7. The largest absolute Gasteiger partial charge is 0.454 e. The first-order chi connectivity index (χ1) is 18.8. The van der Waals surface area contributed by atoms with Crippen molar-refractivity contribution < 1.29 is 22.3 Å². The fourth-order valence-electron chi connectivity index (χ4n) is 4.48. The van der Waals surface area contributed by atoms with Crippen molar-refractivity contribution in [2.24, 2.45) is 4.99 Å². The van der Waals surface area contributed by atoms with Crippen LogP contribution in [0.3, 0.4) is 0 Å². The summed E-state index contributed by atoms with van der Waals surface area (Å²) in [6, 6.07) is 13.7. The first-order valence-electron chi connectivity index (χ1n) is 12.2. The van der Waals surface area contributed by atoms with Crippen molar-refractivity contribution in [1.82, 2.24) is 4.98 Å². The van der Waals surface area contributed by atoms with E-state index in [1.165, 1.54) is 12.4 Å². The summed E-state index contributed by atoms with van der Waals surface area (Å²) in [5.41, 5.74) is 2.10. The quantitative estimate of drug-likeness (QED) is 0.244. The zero-order valence-electron chi connectivity index (χ0n) is 21.2. The highest BCUT2D eigenvalue weighted by atomic mass is 19.1. The van der Waals surface area contributed by atoms with Gasteiger partial charge in [-0.1, -0.05) is 18.7 Å². The predicted molar refractivity (Wildman–Crippen MR) is 145 cm³/mol. The number of fused-ring (bicyclic) bond motifs is 1. The number of benzene rings is 3. The fraction of sp³-hybridized carbons (Fsp3) is 0.133. The van der Waals surface area contributed by atoms with Crippen LogP contribution in [-0.2, 0) is 0 Å². The smallest absolute Gasteiger partial charge is 0.173 e. The van der Waals surface area contributed by atoms with Crippen LogP contribution in [0.5, 0.6) is 11.5 Å². The van der Waals surface area contributed by atoms with Gasteiger partial charge in [-0.3, -0.25) is 0 Å². The van der Waals surface area contributed by atoms with Gasteiger partial charge in [-0.2, -0.15) is 0 Å². The van der Waals surface area contributed by atoms with Crippen molar-refractivity contribution in [3.05, 3.63) is 108 Å². The summed E-state index contributed by atoms with van der Waals surface area (Å²) in [5.74, 6) is -2.53. The normalized spacial score (nSPS) is 13.3. The van der Waals surface area contributed by atoms with Crippen LogP contribution in [0, 0.1) is 23.3 Å². The monoisotopic (exact) mass is 532 g/mol. The standard InChI is InChI=1S/C30H24F4N4O/c1-4-35-28-11-8-19(15-36-28)22-6-5-7-27(30(22)34)39-21-9-10-26-23(14-21)17(2)37-16-38(26)18(3)29-24(32)12-20(31)13-25(29)33/h5-16,18H,2,4H2,1,3H3,(H,35,36). The van der Waals surface area contributed by atoms with E-state index in [1.807, 2.05) is 6.92 Å². The van der Waals surface area contributed by atoms with Crippen LogP contribution in [0.1, 0.15) is 31.0 Å². The van der Waals surface area contributed by atoms with Crippen LogP contribution < -0.4 is 15.0 Å². The number of hydrogen-bond donors (Lipinski definition) is 1. The Bertz CT molecular complexity index is 1560. The number of aliphatic imine (C=N–C) groups is 1. The van der Waals surface area contributed by atoms with Crippen molar-refractivity contribution in [1.29, 1.82) is 0 Å². The number of anilines is 2. The van der Waals surface area contributed by atoms with Crippen LogP contribution in [0.4, 0.5) is 29.1 Å². The van der Waals surface area contributed by atoms with E-state index in [0.717, 1.165) is 6.54 Å². The van der Waals surface area contributed by atoms with Crippen molar-refractivity contribution in [3.63, 3.8) is 0 Å². The Kier molecular flexibility index (Phi) is 7.06. The third kappa shape index (κ3) is 5.07. The van der Waals surface area contributed by atoms with Crippen molar-refractivity contribution in [2.45, 2.75) is 19.9 Å². The molecule has 1 aromatic heterocycles. The predicted octanol–water partition coefficient (Wildman–Crippen LogP) is 8.11. The average molecular weight is 533 g/mol. The number of pyridine rings is 1. The molecule has 1 aliphatic rings. The molecule has 198 valence electrons. The summed E-state index contributed by atoms with van der Waals surface area (Å²) in [5, 5.41) is 3.10. The van der Waals surface area contributed by atoms with E-state index in [1.54, 1.807) is 60.5 Å². The summed E-state index contributed by atoms with van der Waals surface area (Å²) < 4.78 is 63.8. The molecule has 0 amide bonds. The van der Waals surface area contributed by atoms with Crippen LogP contribution in [0.2, 0.25) is 0 Å². The second-order valence-electron chi connectivity index (χ2n) is 8.92. The molecule has 9 heteroatoms. The maximum Gasteiger partial charge on any atom is 0.173 e. The summed E-state index contributed by atoms with van der Waals surface area (Å²) in [4.78, 5) is 10.1. The molecule has 0 aliphatic carbocycles. The van der Waals surface area contributed by atoms with Crippen molar-refractivity contribution >= 4 is 23.5 Å². The lowest BCUT2D eigenvalue weighted by Crippen LogP contribution is -2.29. The molecule has 1 N–H and O–H groups in total. The highest BCUT2D eigenvalue weighted by molar-refractivity contribution is 5.95. The van der Waals surface area contributed by atoms with Crippen molar-refractivity contribution in [2.75, 3.05) is 16.8 Å². The molecule has 0 saturated carbocycles. The second kappa shape index (κ2) is 10.6. The molecule has 3 aromatic carbocycles. The van der Waals surface area contributed by atoms with E-state index in [0.29, 0.717) is 51.8 Å². The molecule has 1 unspecified atom stereocenters.